The number of carbonyl (C=O) groups excluding carboxylic acids is 1. The molecule has 1 aliphatic rings. The number of rotatable bonds is 4. The maximum absolute atomic E-state index is 11.9. The van der Waals surface area contributed by atoms with Crippen molar-refractivity contribution in [3.8, 4) is 0 Å². The maximum atomic E-state index is 11.9. The van der Waals surface area contributed by atoms with Crippen LogP contribution in [0.3, 0.4) is 0 Å². The number of methoxy groups -OCH3 is 1. The van der Waals surface area contributed by atoms with Crippen molar-refractivity contribution in [2.75, 3.05) is 13.7 Å². The van der Waals surface area contributed by atoms with Crippen molar-refractivity contribution in [2.24, 2.45) is 11.3 Å². The Balaban J connectivity index is 2.40. The zero-order valence-electron chi connectivity index (χ0n) is 11.3. The fraction of sp³-hybridized carbons (Fsp3) is 0.533. The summed E-state index contributed by atoms with van der Waals surface area (Å²) in [5, 5.41) is 3.11. The van der Waals surface area contributed by atoms with Crippen molar-refractivity contribution in [3.05, 3.63) is 35.9 Å². The SMILES string of the molecule is COCC1(C(C)C)CC(=O)NC1c1ccccc1. The van der Waals surface area contributed by atoms with Crippen molar-refractivity contribution in [1.29, 1.82) is 0 Å². The molecule has 1 aromatic carbocycles. The molecule has 1 fully saturated rings. The highest BCUT2D eigenvalue weighted by Gasteiger charge is 2.49. The molecule has 0 radical (unpaired) electrons. The van der Waals surface area contributed by atoms with Crippen LogP contribution in [0.1, 0.15) is 31.9 Å². The largest absolute Gasteiger partial charge is 0.384 e. The van der Waals surface area contributed by atoms with Gasteiger partial charge in [-0.25, -0.2) is 0 Å². The minimum absolute atomic E-state index is 0.0474. The number of hydrogen-bond acceptors (Lipinski definition) is 2. The lowest BCUT2D eigenvalue weighted by molar-refractivity contribution is -0.120. The molecule has 0 saturated carbocycles. The van der Waals surface area contributed by atoms with Crippen LogP contribution in [0, 0.1) is 11.3 Å². The van der Waals surface area contributed by atoms with E-state index in [-0.39, 0.29) is 17.4 Å². The monoisotopic (exact) mass is 247 g/mol. The predicted octanol–water partition coefficient (Wildman–Crippen LogP) is 2.54. The van der Waals surface area contributed by atoms with Gasteiger partial charge in [-0.05, 0) is 11.5 Å². The highest BCUT2D eigenvalue weighted by molar-refractivity contribution is 5.80. The van der Waals surface area contributed by atoms with Crippen LogP contribution < -0.4 is 5.32 Å². The lowest BCUT2D eigenvalue weighted by Crippen LogP contribution is -2.37. The normalized spacial score (nSPS) is 27.6. The zero-order valence-corrected chi connectivity index (χ0v) is 11.3. The Morgan fingerprint density at radius 1 is 1.39 bits per heavy atom. The second-order valence-corrected chi connectivity index (χ2v) is 5.41. The van der Waals surface area contributed by atoms with Crippen molar-refractivity contribution in [1.82, 2.24) is 5.32 Å². The first-order chi connectivity index (χ1) is 8.60. The zero-order chi connectivity index (χ0) is 13.2. The highest BCUT2D eigenvalue weighted by atomic mass is 16.5. The third kappa shape index (κ3) is 2.15. The highest BCUT2D eigenvalue weighted by Crippen LogP contribution is 2.47. The molecule has 0 aliphatic carbocycles. The summed E-state index contributed by atoms with van der Waals surface area (Å²) in [6.45, 7) is 4.92. The molecule has 0 aromatic heterocycles. The summed E-state index contributed by atoms with van der Waals surface area (Å²) in [6.07, 6.45) is 0.540. The van der Waals surface area contributed by atoms with Crippen LogP contribution in [-0.2, 0) is 9.53 Å². The van der Waals surface area contributed by atoms with Crippen LogP contribution in [0.15, 0.2) is 30.3 Å². The van der Waals surface area contributed by atoms with E-state index in [0.29, 0.717) is 18.9 Å². The van der Waals surface area contributed by atoms with E-state index in [1.54, 1.807) is 7.11 Å². The van der Waals surface area contributed by atoms with Gasteiger partial charge in [-0.1, -0.05) is 44.2 Å². The number of ether oxygens (including phenoxy) is 1. The van der Waals surface area contributed by atoms with Gasteiger partial charge in [0.1, 0.15) is 0 Å². The summed E-state index contributed by atoms with van der Waals surface area (Å²) >= 11 is 0. The Kier molecular flexibility index (Phi) is 3.71. The molecule has 3 heteroatoms. The fourth-order valence-electron chi connectivity index (χ4n) is 2.92. The van der Waals surface area contributed by atoms with Crippen molar-refractivity contribution < 1.29 is 9.53 Å². The van der Waals surface area contributed by atoms with Crippen molar-refractivity contribution >= 4 is 5.91 Å². The summed E-state index contributed by atoms with van der Waals surface area (Å²) < 4.78 is 5.40. The van der Waals surface area contributed by atoms with E-state index in [2.05, 4.69) is 31.3 Å². The predicted molar refractivity (Wildman–Crippen MR) is 71.1 cm³/mol. The Morgan fingerprint density at radius 3 is 2.61 bits per heavy atom. The van der Waals surface area contributed by atoms with Gasteiger partial charge in [0.2, 0.25) is 5.91 Å². The molecule has 1 saturated heterocycles. The molecular formula is C15H21NO2. The second-order valence-electron chi connectivity index (χ2n) is 5.41. The lowest BCUT2D eigenvalue weighted by atomic mass is 9.70. The van der Waals surface area contributed by atoms with E-state index in [0.717, 1.165) is 5.56 Å². The molecule has 98 valence electrons. The van der Waals surface area contributed by atoms with Crippen LogP contribution in [0.5, 0.6) is 0 Å². The van der Waals surface area contributed by atoms with Gasteiger partial charge in [0.25, 0.3) is 0 Å². The molecule has 2 rings (SSSR count). The summed E-state index contributed by atoms with van der Waals surface area (Å²) in [7, 11) is 1.70. The second kappa shape index (κ2) is 5.11. The van der Waals surface area contributed by atoms with Gasteiger partial charge in [0.05, 0.1) is 12.6 Å². The molecule has 1 amide bonds. The minimum atomic E-state index is -0.146. The maximum Gasteiger partial charge on any atom is 0.221 e. The van der Waals surface area contributed by atoms with Crippen molar-refractivity contribution in [3.63, 3.8) is 0 Å². The first kappa shape index (κ1) is 13.1. The van der Waals surface area contributed by atoms with E-state index in [1.807, 2.05) is 18.2 Å². The Hall–Kier alpha value is -1.35. The topological polar surface area (TPSA) is 38.3 Å². The quantitative estimate of drug-likeness (QED) is 0.888. The van der Waals surface area contributed by atoms with Crippen LogP contribution in [0.2, 0.25) is 0 Å². The third-order valence-electron chi connectivity index (χ3n) is 4.07. The Labute approximate surface area is 109 Å². The smallest absolute Gasteiger partial charge is 0.221 e. The molecule has 0 bridgehead atoms. The van der Waals surface area contributed by atoms with Crippen LogP contribution in [0.25, 0.3) is 0 Å². The van der Waals surface area contributed by atoms with Gasteiger partial charge < -0.3 is 10.1 Å². The molecule has 1 aliphatic heterocycles. The number of amides is 1. The van der Waals surface area contributed by atoms with Gasteiger partial charge in [-0.3, -0.25) is 4.79 Å². The summed E-state index contributed by atoms with van der Waals surface area (Å²) in [5.74, 6) is 0.496. The standard InChI is InChI=1S/C15H21NO2/c1-11(2)15(10-18-3)9-13(17)16-14(15)12-7-5-4-6-8-12/h4-8,11,14H,9-10H2,1-3H3,(H,16,17). The first-order valence-corrected chi connectivity index (χ1v) is 6.43. The van der Waals surface area contributed by atoms with Gasteiger partial charge >= 0.3 is 0 Å². The van der Waals surface area contributed by atoms with Crippen molar-refractivity contribution in [2.45, 2.75) is 26.3 Å². The van der Waals surface area contributed by atoms with E-state index < -0.39 is 0 Å². The molecule has 0 spiro atoms. The molecule has 2 atom stereocenters. The van der Waals surface area contributed by atoms with Gasteiger partial charge in [-0.2, -0.15) is 0 Å². The van der Waals surface area contributed by atoms with E-state index in [1.165, 1.54) is 0 Å². The minimum Gasteiger partial charge on any atom is -0.384 e. The number of hydrogen-bond donors (Lipinski definition) is 1. The van der Waals surface area contributed by atoms with Crippen LogP contribution >= 0.6 is 0 Å². The summed E-state index contributed by atoms with van der Waals surface area (Å²) in [4.78, 5) is 11.9. The molecule has 3 nitrogen and oxygen atoms in total. The third-order valence-corrected chi connectivity index (χ3v) is 4.07. The molecular weight excluding hydrogens is 226 g/mol. The van der Waals surface area contributed by atoms with Crippen LogP contribution in [0.4, 0.5) is 0 Å². The van der Waals surface area contributed by atoms with E-state index >= 15 is 0 Å². The number of benzene rings is 1. The first-order valence-electron chi connectivity index (χ1n) is 6.43. The molecule has 1 N–H and O–H groups in total. The average molecular weight is 247 g/mol. The van der Waals surface area contributed by atoms with Gasteiger partial charge in [0.15, 0.2) is 0 Å². The van der Waals surface area contributed by atoms with Gasteiger partial charge in [0, 0.05) is 18.9 Å². The molecule has 2 unspecified atom stereocenters. The number of nitrogens with one attached hydrogen (secondary N) is 1. The molecule has 18 heavy (non-hydrogen) atoms. The summed E-state index contributed by atoms with van der Waals surface area (Å²) in [6, 6.07) is 10.2. The van der Waals surface area contributed by atoms with Gasteiger partial charge in [-0.15, -0.1) is 0 Å². The Morgan fingerprint density at radius 2 is 2.06 bits per heavy atom. The number of carbonyl (C=O) groups is 1. The fourth-order valence-corrected chi connectivity index (χ4v) is 2.92. The Bertz CT molecular complexity index is 416. The molecule has 1 heterocycles. The summed E-state index contributed by atoms with van der Waals surface area (Å²) in [5.41, 5.74) is 1.02. The van der Waals surface area contributed by atoms with E-state index in [9.17, 15) is 4.79 Å². The van der Waals surface area contributed by atoms with Crippen LogP contribution in [-0.4, -0.2) is 19.6 Å². The molecule has 1 aromatic rings. The van der Waals surface area contributed by atoms with E-state index in [4.69, 9.17) is 4.74 Å². The lowest BCUT2D eigenvalue weighted by Gasteiger charge is -2.37. The average Bonchev–Trinajstić information content (AvgIpc) is 2.69.